The number of benzene rings is 1. The fourth-order valence-corrected chi connectivity index (χ4v) is 3.29. The van der Waals surface area contributed by atoms with Crippen molar-refractivity contribution in [2.75, 3.05) is 0 Å². The predicted octanol–water partition coefficient (Wildman–Crippen LogP) is 4.68. The first-order valence-corrected chi connectivity index (χ1v) is 7.55. The van der Waals surface area contributed by atoms with Gasteiger partial charge in [-0.25, -0.2) is 0 Å². The third-order valence-electron chi connectivity index (χ3n) is 2.63. The average Bonchev–Trinajstić information content (AvgIpc) is 2.11. The quantitative estimate of drug-likeness (QED) is 0.766. The van der Waals surface area contributed by atoms with Crippen molar-refractivity contribution in [3.8, 4) is 0 Å². The van der Waals surface area contributed by atoms with E-state index in [-0.39, 0.29) is 16.9 Å². The van der Waals surface area contributed by atoms with Gasteiger partial charge in [-0.2, -0.15) is 0 Å². The third kappa shape index (κ3) is 5.57. The lowest BCUT2D eigenvalue weighted by atomic mass is 9.81. The molecule has 19 heavy (non-hydrogen) atoms. The maximum Gasteiger partial charge on any atom is 0.252 e. The van der Waals surface area contributed by atoms with Crippen LogP contribution >= 0.6 is 28.6 Å². The highest BCUT2D eigenvalue weighted by molar-refractivity contribution is 9.10. The summed E-state index contributed by atoms with van der Waals surface area (Å²) in [7, 11) is 0. The molecule has 0 radical (unpaired) electrons. The number of carbonyl (C=O) groups excluding carboxylic acids is 1. The van der Waals surface area contributed by atoms with Gasteiger partial charge in [0.1, 0.15) is 0 Å². The molecule has 0 bridgehead atoms. The summed E-state index contributed by atoms with van der Waals surface area (Å²) in [5.41, 5.74) is 0.525. The first-order valence-electron chi connectivity index (χ1n) is 6.31. The maximum absolute atomic E-state index is 12.3. The van der Waals surface area contributed by atoms with Gasteiger partial charge in [-0.15, -0.1) is 12.6 Å². The van der Waals surface area contributed by atoms with Crippen LogP contribution in [0.25, 0.3) is 0 Å². The molecular formula is C15H22BrNOS. The standard InChI is InChI=1S/C15H22BrNOS/c1-14(2,3)9-15(4,5)17-13(18)11-7-6-10(16)8-12(11)19/h6-8,19H,9H2,1-5H3,(H,17,18). The number of halogens is 1. The molecule has 0 atom stereocenters. The topological polar surface area (TPSA) is 29.1 Å². The van der Waals surface area contributed by atoms with Crippen molar-refractivity contribution in [1.29, 1.82) is 0 Å². The van der Waals surface area contributed by atoms with Crippen LogP contribution in [0.1, 0.15) is 51.4 Å². The second-order valence-corrected chi connectivity index (χ2v) is 8.13. The molecule has 4 heteroatoms. The second-order valence-electron chi connectivity index (χ2n) is 6.74. The minimum Gasteiger partial charge on any atom is -0.347 e. The smallest absolute Gasteiger partial charge is 0.252 e. The summed E-state index contributed by atoms with van der Waals surface area (Å²) < 4.78 is 0.919. The number of hydrogen-bond donors (Lipinski definition) is 2. The zero-order valence-corrected chi connectivity index (χ0v) is 14.7. The summed E-state index contributed by atoms with van der Waals surface area (Å²) in [6.07, 6.45) is 0.907. The van der Waals surface area contributed by atoms with Gasteiger partial charge < -0.3 is 5.32 Å². The molecule has 0 fully saturated rings. The van der Waals surface area contributed by atoms with Gasteiger partial charge in [0, 0.05) is 14.9 Å². The average molecular weight is 344 g/mol. The number of nitrogens with one attached hydrogen (secondary N) is 1. The Labute approximate surface area is 129 Å². The summed E-state index contributed by atoms with van der Waals surface area (Å²) in [5, 5.41) is 3.09. The fourth-order valence-electron chi connectivity index (χ4n) is 2.44. The molecule has 1 aromatic carbocycles. The van der Waals surface area contributed by atoms with Crippen molar-refractivity contribution in [2.24, 2.45) is 5.41 Å². The molecule has 0 aliphatic carbocycles. The Balaban J connectivity index is 2.84. The van der Waals surface area contributed by atoms with Crippen molar-refractivity contribution in [1.82, 2.24) is 5.32 Å². The number of thiol groups is 1. The van der Waals surface area contributed by atoms with E-state index in [1.807, 2.05) is 26.0 Å². The van der Waals surface area contributed by atoms with E-state index >= 15 is 0 Å². The molecule has 1 rings (SSSR count). The first kappa shape index (κ1) is 16.6. The molecule has 0 spiro atoms. The Morgan fingerprint density at radius 2 is 1.84 bits per heavy atom. The Bertz CT molecular complexity index is 478. The van der Waals surface area contributed by atoms with Gasteiger partial charge >= 0.3 is 0 Å². The molecule has 0 aliphatic heterocycles. The van der Waals surface area contributed by atoms with E-state index in [1.165, 1.54) is 0 Å². The lowest BCUT2D eigenvalue weighted by molar-refractivity contribution is 0.0888. The van der Waals surface area contributed by atoms with Gasteiger partial charge in [-0.1, -0.05) is 36.7 Å². The summed E-state index contributed by atoms with van der Waals surface area (Å²) in [4.78, 5) is 13.0. The van der Waals surface area contributed by atoms with Gasteiger partial charge in [0.05, 0.1) is 5.56 Å². The monoisotopic (exact) mass is 343 g/mol. The molecule has 0 heterocycles. The lowest BCUT2D eigenvalue weighted by Gasteiger charge is -2.33. The van der Waals surface area contributed by atoms with Gasteiger partial charge in [-0.05, 0) is 43.9 Å². The molecule has 2 nitrogen and oxygen atoms in total. The second kappa shape index (κ2) is 5.88. The number of hydrogen-bond acceptors (Lipinski definition) is 2. The predicted molar refractivity (Wildman–Crippen MR) is 87.0 cm³/mol. The van der Waals surface area contributed by atoms with Crippen molar-refractivity contribution in [3.05, 3.63) is 28.2 Å². The summed E-state index contributed by atoms with van der Waals surface area (Å²) in [6.45, 7) is 10.6. The summed E-state index contributed by atoms with van der Waals surface area (Å²) >= 11 is 7.72. The van der Waals surface area contributed by atoms with Crippen LogP contribution < -0.4 is 5.32 Å². The van der Waals surface area contributed by atoms with Crippen LogP contribution in [0.4, 0.5) is 0 Å². The zero-order valence-electron chi connectivity index (χ0n) is 12.2. The molecule has 1 amide bonds. The van der Waals surface area contributed by atoms with Gasteiger partial charge in [0.25, 0.3) is 5.91 Å². The van der Waals surface area contributed by atoms with Crippen molar-refractivity contribution in [3.63, 3.8) is 0 Å². The van der Waals surface area contributed by atoms with E-state index in [4.69, 9.17) is 0 Å². The normalized spacial score (nSPS) is 12.4. The van der Waals surface area contributed by atoms with Crippen molar-refractivity contribution in [2.45, 2.75) is 51.5 Å². The molecule has 0 saturated carbocycles. The minimum atomic E-state index is -0.247. The number of carbonyl (C=O) groups is 1. The largest absolute Gasteiger partial charge is 0.347 e. The molecular weight excluding hydrogens is 322 g/mol. The van der Waals surface area contributed by atoms with Crippen LogP contribution in [0.2, 0.25) is 0 Å². The Kier molecular flexibility index (Phi) is 5.13. The molecule has 1 N–H and O–H groups in total. The minimum absolute atomic E-state index is 0.0771. The van der Waals surface area contributed by atoms with Crippen LogP contribution in [0.15, 0.2) is 27.6 Å². The molecule has 1 aromatic rings. The first-order chi connectivity index (χ1) is 8.50. The number of amides is 1. The van der Waals surface area contributed by atoms with Crippen LogP contribution in [-0.4, -0.2) is 11.4 Å². The molecule has 0 aromatic heterocycles. The van der Waals surface area contributed by atoms with E-state index in [0.29, 0.717) is 10.5 Å². The number of rotatable bonds is 3. The lowest BCUT2D eigenvalue weighted by Crippen LogP contribution is -2.45. The molecule has 0 saturated heterocycles. The van der Waals surface area contributed by atoms with Crippen LogP contribution in [-0.2, 0) is 0 Å². The van der Waals surface area contributed by atoms with Crippen LogP contribution in [0.3, 0.4) is 0 Å². The van der Waals surface area contributed by atoms with Gasteiger partial charge in [0.2, 0.25) is 0 Å². The van der Waals surface area contributed by atoms with E-state index < -0.39 is 0 Å². The highest BCUT2D eigenvalue weighted by Crippen LogP contribution is 2.27. The van der Waals surface area contributed by atoms with Crippen LogP contribution in [0, 0.1) is 5.41 Å². The SMILES string of the molecule is CC(C)(C)CC(C)(C)NC(=O)c1ccc(Br)cc1S. The van der Waals surface area contributed by atoms with Crippen molar-refractivity contribution < 1.29 is 4.79 Å². The van der Waals surface area contributed by atoms with E-state index in [2.05, 4.69) is 54.6 Å². The van der Waals surface area contributed by atoms with Crippen LogP contribution in [0.5, 0.6) is 0 Å². The van der Waals surface area contributed by atoms with E-state index in [9.17, 15) is 4.79 Å². The van der Waals surface area contributed by atoms with Gasteiger partial charge in [0.15, 0.2) is 0 Å². The Morgan fingerprint density at radius 3 is 2.32 bits per heavy atom. The maximum atomic E-state index is 12.3. The molecule has 0 unspecified atom stereocenters. The van der Waals surface area contributed by atoms with Gasteiger partial charge in [-0.3, -0.25) is 4.79 Å². The summed E-state index contributed by atoms with van der Waals surface area (Å²) in [5.74, 6) is -0.0771. The highest BCUT2D eigenvalue weighted by atomic mass is 79.9. The zero-order chi connectivity index (χ0) is 14.8. The van der Waals surface area contributed by atoms with Crippen molar-refractivity contribution >= 4 is 34.5 Å². The molecule has 106 valence electrons. The highest BCUT2D eigenvalue weighted by Gasteiger charge is 2.27. The fraction of sp³-hybridized carbons (Fsp3) is 0.533. The van der Waals surface area contributed by atoms with E-state index in [1.54, 1.807) is 6.07 Å². The molecule has 0 aliphatic rings. The third-order valence-corrected chi connectivity index (χ3v) is 3.49. The Hall–Kier alpha value is -0.480. The summed E-state index contributed by atoms with van der Waals surface area (Å²) in [6, 6.07) is 5.47. The van der Waals surface area contributed by atoms with E-state index in [0.717, 1.165) is 10.9 Å². The Morgan fingerprint density at radius 1 is 1.26 bits per heavy atom.